The zero-order chi connectivity index (χ0) is 18.1. The summed E-state index contributed by atoms with van der Waals surface area (Å²) in [5, 5.41) is 0. The maximum Gasteiger partial charge on any atom is 0.481 e. The van der Waals surface area contributed by atoms with Gasteiger partial charge in [0, 0.05) is 23.5 Å². The molecule has 140 valence electrons. The average Bonchev–Trinajstić information content (AvgIpc) is 2.35. The Balaban J connectivity index is 5.62. The summed E-state index contributed by atoms with van der Waals surface area (Å²) in [5.41, 5.74) is -1.34. The van der Waals surface area contributed by atoms with E-state index in [0.717, 1.165) is 0 Å². The fraction of sp³-hybridized carbons (Fsp3) is 1.00. The number of halogens is 4. The van der Waals surface area contributed by atoms with E-state index in [1.54, 1.807) is 0 Å². The number of alkyl halides is 4. The summed E-state index contributed by atoms with van der Waals surface area (Å²) in [4.78, 5) is 27.2. The van der Waals surface area contributed by atoms with Crippen LogP contribution in [0, 0.1) is 5.92 Å². The fourth-order valence-electron chi connectivity index (χ4n) is 2.33. The van der Waals surface area contributed by atoms with E-state index in [-0.39, 0.29) is 36.4 Å². The quantitative estimate of drug-likeness (QED) is 0.283. The third-order valence-corrected chi connectivity index (χ3v) is 6.29. The number of rotatable bonds is 13. The number of phosphoric acid groups is 2. The van der Waals surface area contributed by atoms with Crippen molar-refractivity contribution in [3.05, 3.63) is 0 Å². The molecule has 0 aromatic heterocycles. The van der Waals surface area contributed by atoms with Gasteiger partial charge in [-0.1, -0.05) is 0 Å². The van der Waals surface area contributed by atoms with E-state index in [2.05, 4.69) is 4.31 Å². The van der Waals surface area contributed by atoms with Crippen LogP contribution in [0.4, 0.5) is 0 Å². The van der Waals surface area contributed by atoms with E-state index < -0.39 is 27.2 Å². The smallest absolute Gasteiger partial charge is 0.302 e. The molecule has 0 amide bonds. The van der Waals surface area contributed by atoms with Crippen LogP contribution in [0.3, 0.4) is 0 Å². The molecule has 0 aliphatic heterocycles. The number of hydrogen-bond acceptors (Lipinski definition) is 4. The van der Waals surface area contributed by atoms with Crippen molar-refractivity contribution < 1.29 is 32.6 Å². The summed E-state index contributed by atoms with van der Waals surface area (Å²) in [6.45, 7) is 0. The van der Waals surface area contributed by atoms with Crippen LogP contribution >= 0.6 is 62.0 Å². The van der Waals surface area contributed by atoms with Gasteiger partial charge in [0.1, 0.15) is 0 Å². The Morgan fingerprint density at radius 3 is 1.61 bits per heavy atom. The Morgan fingerprint density at radius 2 is 1.30 bits per heavy atom. The zero-order valence-corrected chi connectivity index (χ0v) is 16.9. The largest absolute Gasteiger partial charge is 0.481 e. The molecule has 7 nitrogen and oxygen atoms in total. The zero-order valence-electron chi connectivity index (χ0n) is 12.1. The van der Waals surface area contributed by atoms with Crippen LogP contribution in [-0.4, -0.2) is 43.8 Å². The molecule has 0 aromatic rings. The van der Waals surface area contributed by atoms with Gasteiger partial charge in [-0.25, -0.2) is 9.13 Å². The van der Waals surface area contributed by atoms with E-state index in [1.807, 2.05) is 0 Å². The molecule has 0 rings (SSSR count). The third kappa shape index (κ3) is 9.62. The minimum absolute atomic E-state index is 0.0634. The van der Waals surface area contributed by atoms with Crippen molar-refractivity contribution in [3.8, 4) is 0 Å². The van der Waals surface area contributed by atoms with Gasteiger partial charge in [-0.3, -0.25) is 4.52 Å². The van der Waals surface area contributed by atoms with Crippen molar-refractivity contribution in [2.45, 2.75) is 31.3 Å². The highest BCUT2D eigenvalue weighted by molar-refractivity contribution is 7.60. The van der Waals surface area contributed by atoms with Gasteiger partial charge >= 0.3 is 15.6 Å². The first-order valence-electron chi connectivity index (χ1n) is 6.60. The third-order valence-electron chi connectivity index (χ3n) is 3.20. The summed E-state index contributed by atoms with van der Waals surface area (Å²) in [6, 6.07) is 0. The lowest BCUT2D eigenvalue weighted by Gasteiger charge is -2.40. The molecule has 1 unspecified atom stereocenters. The Kier molecular flexibility index (Phi) is 11.9. The molecular formula is C10H20Cl4O7P2. The van der Waals surface area contributed by atoms with Crippen LogP contribution in [0.25, 0.3) is 0 Å². The molecular weight excluding hydrogens is 436 g/mol. The second-order valence-corrected chi connectivity index (χ2v) is 8.99. The summed E-state index contributed by atoms with van der Waals surface area (Å²) in [6.07, 6.45) is 0.986. The van der Waals surface area contributed by atoms with Crippen molar-refractivity contribution in [3.63, 3.8) is 0 Å². The molecule has 0 fully saturated rings. The maximum absolute atomic E-state index is 12.0. The van der Waals surface area contributed by atoms with Crippen molar-refractivity contribution >= 4 is 62.0 Å². The van der Waals surface area contributed by atoms with Crippen molar-refractivity contribution in [2.24, 2.45) is 5.92 Å². The highest BCUT2D eigenvalue weighted by atomic mass is 35.5. The average molecular weight is 456 g/mol. The normalized spacial score (nSPS) is 15.8. The first-order chi connectivity index (χ1) is 10.6. The van der Waals surface area contributed by atoms with Crippen LogP contribution in [-0.2, 0) is 18.0 Å². The fourth-order valence-corrected chi connectivity index (χ4v) is 5.50. The SMILES string of the molecule is O=P(O)(O)OP(=O)(O)OC(CCCl)(CCCl)C(CCCl)CCCl. The minimum Gasteiger partial charge on any atom is -0.302 e. The van der Waals surface area contributed by atoms with E-state index in [0.29, 0.717) is 12.8 Å². The summed E-state index contributed by atoms with van der Waals surface area (Å²) >= 11 is 23.1. The first kappa shape index (κ1) is 24.4. The van der Waals surface area contributed by atoms with Gasteiger partial charge in [-0.15, -0.1) is 46.4 Å². The Bertz CT molecular complexity index is 421. The van der Waals surface area contributed by atoms with Crippen molar-refractivity contribution in [1.29, 1.82) is 0 Å². The lowest BCUT2D eigenvalue weighted by atomic mass is 9.79. The molecule has 0 radical (unpaired) electrons. The topological polar surface area (TPSA) is 113 Å². The second-order valence-electron chi connectivity index (χ2n) is 4.73. The van der Waals surface area contributed by atoms with Gasteiger partial charge in [0.15, 0.2) is 0 Å². The van der Waals surface area contributed by atoms with Crippen LogP contribution in [0.15, 0.2) is 0 Å². The minimum atomic E-state index is -5.23. The molecule has 0 saturated heterocycles. The van der Waals surface area contributed by atoms with Gasteiger partial charge in [0.2, 0.25) is 0 Å². The number of phosphoric ester groups is 1. The molecule has 0 aromatic carbocycles. The van der Waals surface area contributed by atoms with E-state index >= 15 is 0 Å². The summed E-state index contributed by atoms with van der Waals surface area (Å²) in [5.74, 6) is 0.191. The molecule has 0 spiro atoms. The highest BCUT2D eigenvalue weighted by Crippen LogP contribution is 2.61. The van der Waals surface area contributed by atoms with E-state index in [1.165, 1.54) is 0 Å². The monoisotopic (exact) mass is 454 g/mol. The van der Waals surface area contributed by atoms with Gasteiger partial charge < -0.3 is 14.7 Å². The molecule has 0 heterocycles. The Labute approximate surface area is 155 Å². The highest BCUT2D eigenvalue weighted by Gasteiger charge is 2.46. The van der Waals surface area contributed by atoms with Gasteiger partial charge in [-0.05, 0) is 31.6 Å². The maximum atomic E-state index is 12.0. The predicted molar refractivity (Wildman–Crippen MR) is 91.6 cm³/mol. The molecule has 0 bridgehead atoms. The van der Waals surface area contributed by atoms with Gasteiger partial charge in [-0.2, -0.15) is 4.31 Å². The molecule has 23 heavy (non-hydrogen) atoms. The van der Waals surface area contributed by atoms with Gasteiger partial charge in [0.05, 0.1) is 5.60 Å². The Hall–Kier alpha value is 1.42. The standard InChI is InChI=1S/C10H20Cl4O7P2/c11-5-1-9(2-6-12)10(3-7-13,4-8-14)20-23(18,19)21-22(15,16)17/h9H,1-8H2,(H,18,19)(H2,15,16,17). The van der Waals surface area contributed by atoms with Gasteiger partial charge in [0.25, 0.3) is 0 Å². The van der Waals surface area contributed by atoms with E-state index in [4.69, 9.17) is 60.7 Å². The van der Waals surface area contributed by atoms with Crippen LogP contribution in [0.1, 0.15) is 25.7 Å². The first-order valence-corrected chi connectivity index (χ1v) is 11.8. The summed E-state index contributed by atoms with van der Waals surface area (Å²) < 4.78 is 31.9. The molecule has 1 atom stereocenters. The van der Waals surface area contributed by atoms with Crippen LogP contribution in [0.2, 0.25) is 0 Å². The lowest BCUT2D eigenvalue weighted by molar-refractivity contribution is -0.0241. The number of hydrogen-bond donors (Lipinski definition) is 3. The van der Waals surface area contributed by atoms with Crippen molar-refractivity contribution in [1.82, 2.24) is 0 Å². The molecule has 0 aliphatic rings. The second kappa shape index (κ2) is 11.2. The molecule has 0 saturated carbocycles. The Morgan fingerprint density at radius 1 is 0.870 bits per heavy atom. The van der Waals surface area contributed by atoms with Crippen molar-refractivity contribution in [2.75, 3.05) is 23.5 Å². The molecule has 3 N–H and O–H groups in total. The molecule has 13 heteroatoms. The van der Waals surface area contributed by atoms with Crippen LogP contribution < -0.4 is 0 Å². The lowest BCUT2D eigenvalue weighted by Crippen LogP contribution is -2.42. The predicted octanol–water partition coefficient (Wildman–Crippen LogP) is 4.08. The van der Waals surface area contributed by atoms with E-state index in [9.17, 15) is 14.0 Å². The van der Waals surface area contributed by atoms with Crippen LogP contribution in [0.5, 0.6) is 0 Å². The molecule has 0 aliphatic carbocycles. The summed E-state index contributed by atoms with van der Waals surface area (Å²) in [7, 11) is -10.3.